The third-order valence-electron chi connectivity index (χ3n) is 4.50. The van der Waals surface area contributed by atoms with Gasteiger partial charge in [-0.3, -0.25) is 4.79 Å². The van der Waals surface area contributed by atoms with Crippen molar-refractivity contribution in [2.24, 2.45) is 0 Å². The van der Waals surface area contributed by atoms with Crippen LogP contribution < -0.4 is 10.2 Å². The lowest BCUT2D eigenvalue weighted by Crippen LogP contribution is -2.41. The highest BCUT2D eigenvalue weighted by Crippen LogP contribution is 2.29. The first kappa shape index (κ1) is 14.6. The Hall–Kier alpha value is -2.29. The monoisotopic (exact) mass is 294 g/mol. The van der Waals surface area contributed by atoms with Crippen molar-refractivity contribution in [1.29, 1.82) is 0 Å². The molecule has 0 saturated heterocycles. The van der Waals surface area contributed by atoms with Crippen LogP contribution in [0.1, 0.15) is 23.6 Å². The molecule has 1 aliphatic heterocycles. The van der Waals surface area contributed by atoms with Crippen molar-refractivity contribution in [3.05, 3.63) is 59.2 Å². The standard InChI is InChI=1S/C19H22N2O/c1-13-7-6-8-14(2)18(13)20-19(22)15(3)21-12-11-16-9-4-5-10-17(16)21/h4-10,15H,11-12H2,1-3H3,(H,20,22)/t15-/m1/s1. The van der Waals surface area contributed by atoms with E-state index < -0.39 is 0 Å². The molecule has 1 heterocycles. The maximum atomic E-state index is 12.7. The van der Waals surface area contributed by atoms with E-state index in [1.807, 2.05) is 45.0 Å². The fourth-order valence-corrected chi connectivity index (χ4v) is 3.15. The van der Waals surface area contributed by atoms with Crippen LogP contribution in [-0.2, 0) is 11.2 Å². The molecule has 0 radical (unpaired) electrons. The first-order valence-electron chi connectivity index (χ1n) is 7.79. The Morgan fingerprint density at radius 3 is 2.50 bits per heavy atom. The van der Waals surface area contributed by atoms with Gasteiger partial charge in [-0.05, 0) is 49.9 Å². The number of anilines is 2. The summed E-state index contributed by atoms with van der Waals surface area (Å²) in [6.07, 6.45) is 1.01. The van der Waals surface area contributed by atoms with Crippen LogP contribution in [0.3, 0.4) is 0 Å². The molecule has 1 atom stereocenters. The van der Waals surface area contributed by atoms with Gasteiger partial charge in [-0.2, -0.15) is 0 Å². The number of hydrogen-bond acceptors (Lipinski definition) is 2. The van der Waals surface area contributed by atoms with E-state index in [1.54, 1.807) is 0 Å². The lowest BCUT2D eigenvalue weighted by Gasteiger charge is -2.27. The van der Waals surface area contributed by atoms with Gasteiger partial charge in [-0.25, -0.2) is 0 Å². The van der Waals surface area contributed by atoms with Crippen molar-refractivity contribution >= 4 is 17.3 Å². The summed E-state index contributed by atoms with van der Waals surface area (Å²) >= 11 is 0. The second-order valence-corrected chi connectivity index (χ2v) is 6.00. The molecule has 0 spiro atoms. The van der Waals surface area contributed by atoms with Crippen LogP contribution in [0, 0.1) is 13.8 Å². The SMILES string of the molecule is Cc1cccc(C)c1NC(=O)[C@@H](C)N1CCc2ccccc21. The van der Waals surface area contributed by atoms with E-state index in [4.69, 9.17) is 0 Å². The van der Waals surface area contributed by atoms with Crippen LogP contribution in [0.15, 0.2) is 42.5 Å². The fourth-order valence-electron chi connectivity index (χ4n) is 3.15. The van der Waals surface area contributed by atoms with Gasteiger partial charge >= 0.3 is 0 Å². The number of benzene rings is 2. The Morgan fingerprint density at radius 2 is 1.77 bits per heavy atom. The third-order valence-corrected chi connectivity index (χ3v) is 4.50. The highest BCUT2D eigenvalue weighted by atomic mass is 16.2. The Morgan fingerprint density at radius 1 is 1.09 bits per heavy atom. The Bertz CT molecular complexity index is 688. The number of nitrogens with one attached hydrogen (secondary N) is 1. The van der Waals surface area contributed by atoms with Gasteiger partial charge in [0.1, 0.15) is 6.04 Å². The second-order valence-electron chi connectivity index (χ2n) is 6.00. The molecule has 0 bridgehead atoms. The van der Waals surface area contributed by atoms with E-state index in [-0.39, 0.29) is 11.9 Å². The first-order chi connectivity index (χ1) is 10.6. The minimum absolute atomic E-state index is 0.0501. The predicted octanol–water partition coefficient (Wildman–Crippen LogP) is 3.69. The summed E-state index contributed by atoms with van der Waals surface area (Å²) in [5.74, 6) is 0.0501. The zero-order valence-electron chi connectivity index (χ0n) is 13.4. The number of rotatable bonds is 3. The Balaban J connectivity index is 1.79. The molecule has 2 aromatic rings. The molecule has 3 heteroatoms. The molecule has 1 N–H and O–H groups in total. The van der Waals surface area contributed by atoms with E-state index in [0.717, 1.165) is 29.8 Å². The molecule has 22 heavy (non-hydrogen) atoms. The third kappa shape index (κ3) is 2.59. The van der Waals surface area contributed by atoms with Gasteiger partial charge in [-0.15, -0.1) is 0 Å². The van der Waals surface area contributed by atoms with Crippen LogP contribution in [0.5, 0.6) is 0 Å². The molecule has 1 aliphatic rings. The van der Waals surface area contributed by atoms with Crippen molar-refractivity contribution in [3.8, 4) is 0 Å². The molecule has 0 fully saturated rings. The topological polar surface area (TPSA) is 32.3 Å². The molecule has 2 aromatic carbocycles. The van der Waals surface area contributed by atoms with Crippen LogP contribution in [0.2, 0.25) is 0 Å². The largest absolute Gasteiger partial charge is 0.359 e. The van der Waals surface area contributed by atoms with Gasteiger partial charge in [0.05, 0.1) is 0 Å². The average molecular weight is 294 g/mol. The van der Waals surface area contributed by atoms with E-state index in [0.29, 0.717) is 0 Å². The van der Waals surface area contributed by atoms with Gasteiger partial charge in [0.25, 0.3) is 0 Å². The maximum absolute atomic E-state index is 12.7. The minimum Gasteiger partial charge on any atom is -0.359 e. The first-order valence-corrected chi connectivity index (χ1v) is 7.79. The van der Waals surface area contributed by atoms with Crippen LogP contribution >= 0.6 is 0 Å². The highest BCUT2D eigenvalue weighted by Gasteiger charge is 2.27. The Labute approximate surface area is 132 Å². The molecule has 0 aromatic heterocycles. The van der Waals surface area contributed by atoms with Crippen molar-refractivity contribution < 1.29 is 4.79 Å². The summed E-state index contributed by atoms with van der Waals surface area (Å²) in [6, 6.07) is 14.2. The molecule has 1 amide bonds. The Kier molecular flexibility index (Phi) is 3.88. The van der Waals surface area contributed by atoms with E-state index in [2.05, 4.69) is 28.4 Å². The number of amides is 1. The minimum atomic E-state index is -0.178. The summed E-state index contributed by atoms with van der Waals surface area (Å²) in [5, 5.41) is 3.11. The lowest BCUT2D eigenvalue weighted by molar-refractivity contribution is -0.117. The van der Waals surface area contributed by atoms with Gasteiger partial charge in [0.15, 0.2) is 0 Å². The molecular weight excluding hydrogens is 272 g/mol. The second kappa shape index (κ2) is 5.84. The van der Waals surface area contributed by atoms with Crippen molar-refractivity contribution in [2.75, 3.05) is 16.8 Å². The normalized spacial score (nSPS) is 14.6. The summed E-state index contributed by atoms with van der Waals surface area (Å²) < 4.78 is 0. The smallest absolute Gasteiger partial charge is 0.246 e. The average Bonchev–Trinajstić information content (AvgIpc) is 2.94. The number of aryl methyl sites for hydroxylation is 2. The number of hydrogen-bond donors (Lipinski definition) is 1. The molecule has 0 aliphatic carbocycles. The zero-order chi connectivity index (χ0) is 15.7. The molecule has 0 unspecified atom stereocenters. The fraction of sp³-hybridized carbons (Fsp3) is 0.316. The van der Waals surface area contributed by atoms with Crippen LogP contribution in [-0.4, -0.2) is 18.5 Å². The summed E-state index contributed by atoms with van der Waals surface area (Å²) in [4.78, 5) is 14.9. The van der Waals surface area contributed by atoms with Crippen molar-refractivity contribution in [2.45, 2.75) is 33.2 Å². The number of carbonyl (C=O) groups excluding carboxylic acids is 1. The molecule has 3 nitrogen and oxygen atoms in total. The molecular formula is C19H22N2O. The number of para-hydroxylation sites is 2. The summed E-state index contributed by atoms with van der Waals surface area (Å²) in [5.41, 5.74) is 5.65. The zero-order valence-corrected chi connectivity index (χ0v) is 13.4. The highest BCUT2D eigenvalue weighted by molar-refractivity contribution is 5.98. The molecule has 3 rings (SSSR count). The predicted molar refractivity (Wildman–Crippen MR) is 91.5 cm³/mol. The number of carbonyl (C=O) groups is 1. The summed E-state index contributed by atoms with van der Waals surface area (Å²) in [7, 11) is 0. The maximum Gasteiger partial charge on any atom is 0.246 e. The molecule has 0 saturated carbocycles. The lowest BCUT2D eigenvalue weighted by atomic mass is 10.1. The van der Waals surface area contributed by atoms with Gasteiger partial charge in [0.2, 0.25) is 5.91 Å². The van der Waals surface area contributed by atoms with Crippen LogP contribution in [0.4, 0.5) is 11.4 Å². The van der Waals surface area contributed by atoms with Crippen LogP contribution in [0.25, 0.3) is 0 Å². The molecule has 114 valence electrons. The van der Waals surface area contributed by atoms with Gasteiger partial charge < -0.3 is 10.2 Å². The quantitative estimate of drug-likeness (QED) is 0.936. The van der Waals surface area contributed by atoms with E-state index in [1.165, 1.54) is 11.3 Å². The summed E-state index contributed by atoms with van der Waals surface area (Å²) in [6.45, 7) is 6.93. The van der Waals surface area contributed by atoms with Crippen molar-refractivity contribution in [1.82, 2.24) is 0 Å². The van der Waals surface area contributed by atoms with E-state index in [9.17, 15) is 4.79 Å². The van der Waals surface area contributed by atoms with E-state index >= 15 is 0 Å². The number of nitrogens with zero attached hydrogens (tertiary/aromatic N) is 1. The van der Waals surface area contributed by atoms with Gasteiger partial charge in [-0.1, -0.05) is 36.4 Å². The van der Waals surface area contributed by atoms with Gasteiger partial charge in [0, 0.05) is 17.9 Å². The number of fused-ring (bicyclic) bond motifs is 1. The van der Waals surface area contributed by atoms with Crippen molar-refractivity contribution in [3.63, 3.8) is 0 Å².